The Bertz CT molecular complexity index is 624. The first-order chi connectivity index (χ1) is 10.8. The maximum atomic E-state index is 6.30. The van der Waals surface area contributed by atoms with Gasteiger partial charge < -0.3 is 9.64 Å². The van der Waals surface area contributed by atoms with Crippen LogP contribution in [0.3, 0.4) is 0 Å². The van der Waals surface area contributed by atoms with Crippen LogP contribution in [0.2, 0.25) is 0 Å². The van der Waals surface area contributed by atoms with E-state index in [9.17, 15) is 0 Å². The summed E-state index contributed by atoms with van der Waals surface area (Å²) in [5, 5.41) is 6.81. The molecule has 1 saturated carbocycles. The van der Waals surface area contributed by atoms with Gasteiger partial charge >= 0.3 is 0 Å². The molecule has 6 rings (SSSR count). The number of aromatic amines is 1. The fourth-order valence-electron chi connectivity index (χ4n) is 4.73. The van der Waals surface area contributed by atoms with Crippen molar-refractivity contribution in [3.63, 3.8) is 0 Å². The van der Waals surface area contributed by atoms with Gasteiger partial charge in [-0.05, 0) is 24.8 Å². The van der Waals surface area contributed by atoms with Crippen molar-refractivity contribution in [2.45, 2.75) is 18.9 Å². The van der Waals surface area contributed by atoms with Crippen molar-refractivity contribution in [3.05, 3.63) is 30.7 Å². The second kappa shape index (κ2) is 4.81. The molecule has 5 heteroatoms. The van der Waals surface area contributed by atoms with Crippen LogP contribution in [0.4, 0.5) is 0 Å². The molecule has 0 aromatic carbocycles. The molecule has 0 radical (unpaired) electrons. The van der Waals surface area contributed by atoms with Crippen molar-refractivity contribution >= 4 is 0 Å². The van der Waals surface area contributed by atoms with Gasteiger partial charge in [-0.1, -0.05) is 0 Å². The Morgan fingerprint density at radius 1 is 1.05 bits per heavy atom. The zero-order valence-corrected chi connectivity index (χ0v) is 12.5. The summed E-state index contributed by atoms with van der Waals surface area (Å²) in [6.45, 7) is 3.74. The highest BCUT2D eigenvalue weighted by atomic mass is 16.5. The van der Waals surface area contributed by atoms with Gasteiger partial charge in [0, 0.05) is 61.1 Å². The molecule has 3 aliphatic heterocycles. The fraction of sp³-hybridized carbons (Fsp3) is 0.529. The monoisotopic (exact) mass is 296 g/mol. The fourth-order valence-corrected chi connectivity index (χ4v) is 4.73. The lowest BCUT2D eigenvalue weighted by Crippen LogP contribution is -2.61. The Balaban J connectivity index is 1.34. The van der Waals surface area contributed by atoms with Gasteiger partial charge in [-0.15, -0.1) is 0 Å². The number of hydrogen-bond donors (Lipinski definition) is 1. The molecule has 2 atom stereocenters. The molecule has 5 nitrogen and oxygen atoms in total. The molecular formula is C17H20N4O. The van der Waals surface area contributed by atoms with Crippen molar-refractivity contribution in [1.29, 1.82) is 0 Å². The summed E-state index contributed by atoms with van der Waals surface area (Å²) < 4.78 is 6.30. The highest BCUT2D eigenvalue weighted by Crippen LogP contribution is 2.44. The Morgan fingerprint density at radius 3 is 2.55 bits per heavy atom. The van der Waals surface area contributed by atoms with Crippen LogP contribution in [0.1, 0.15) is 12.8 Å². The lowest BCUT2D eigenvalue weighted by molar-refractivity contribution is -0.0997. The Kier molecular flexibility index (Phi) is 2.77. The summed E-state index contributed by atoms with van der Waals surface area (Å²) in [7, 11) is 0. The predicted molar refractivity (Wildman–Crippen MR) is 82.4 cm³/mol. The number of H-pyrrole nitrogens is 1. The number of ether oxygens (including phenoxy) is 1. The minimum atomic E-state index is 0.361. The van der Waals surface area contributed by atoms with Crippen LogP contribution in [-0.2, 0) is 0 Å². The Labute approximate surface area is 129 Å². The van der Waals surface area contributed by atoms with Crippen LogP contribution in [0.25, 0.3) is 11.1 Å². The van der Waals surface area contributed by atoms with E-state index >= 15 is 0 Å². The van der Waals surface area contributed by atoms with Gasteiger partial charge in [-0.3, -0.25) is 5.10 Å². The smallest absolute Gasteiger partial charge is 0.213 e. The average molecular weight is 296 g/mol. The lowest BCUT2D eigenvalue weighted by Gasteiger charge is -2.55. The Morgan fingerprint density at radius 2 is 1.91 bits per heavy atom. The molecule has 1 aliphatic carbocycles. The molecule has 2 aromatic rings. The largest absolute Gasteiger partial charge is 0.474 e. The number of piperidine rings is 3. The van der Waals surface area contributed by atoms with E-state index in [4.69, 9.17) is 4.74 Å². The van der Waals surface area contributed by atoms with Crippen LogP contribution < -0.4 is 4.74 Å². The molecular weight excluding hydrogens is 276 g/mol. The van der Waals surface area contributed by atoms with E-state index in [1.807, 2.05) is 24.7 Å². The van der Waals surface area contributed by atoms with E-state index in [-0.39, 0.29) is 0 Å². The lowest BCUT2D eigenvalue weighted by atomic mass is 9.66. The third-order valence-electron chi connectivity index (χ3n) is 5.53. The quantitative estimate of drug-likeness (QED) is 0.943. The van der Waals surface area contributed by atoms with E-state index in [2.05, 4.69) is 26.1 Å². The normalized spacial score (nSPS) is 35.7. The molecule has 2 aromatic heterocycles. The van der Waals surface area contributed by atoms with Gasteiger partial charge in [0.25, 0.3) is 0 Å². The highest BCUT2D eigenvalue weighted by molar-refractivity contribution is 5.60. The Hall–Kier alpha value is -1.88. The second-order valence-electron chi connectivity index (χ2n) is 7.03. The van der Waals surface area contributed by atoms with E-state index < -0.39 is 0 Å². The molecule has 4 fully saturated rings. The summed E-state index contributed by atoms with van der Waals surface area (Å²) in [5.41, 5.74) is 2.12. The maximum absolute atomic E-state index is 6.30. The van der Waals surface area contributed by atoms with Gasteiger partial charge in [0.1, 0.15) is 6.10 Å². The van der Waals surface area contributed by atoms with Crippen molar-refractivity contribution in [1.82, 2.24) is 20.1 Å². The van der Waals surface area contributed by atoms with Crippen molar-refractivity contribution < 1.29 is 4.74 Å². The predicted octanol–water partition coefficient (Wildman–Crippen LogP) is 2.19. The molecule has 22 heavy (non-hydrogen) atoms. The minimum Gasteiger partial charge on any atom is -0.474 e. The summed E-state index contributed by atoms with van der Waals surface area (Å²) in [6.07, 6.45) is 8.60. The summed E-state index contributed by atoms with van der Waals surface area (Å²) in [6, 6.07) is 4.06. The van der Waals surface area contributed by atoms with Crippen LogP contribution in [0.5, 0.6) is 5.88 Å². The molecule has 4 bridgehead atoms. The third-order valence-corrected chi connectivity index (χ3v) is 5.53. The summed E-state index contributed by atoms with van der Waals surface area (Å²) in [5.74, 6) is 3.07. The van der Waals surface area contributed by atoms with Gasteiger partial charge in [0.05, 0.1) is 6.20 Å². The first kappa shape index (κ1) is 12.6. The zero-order chi connectivity index (χ0) is 14.5. The standard InChI is InChI=1S/C17H20N4O/c1-2-16(18-5-12(1)15-6-19-20-7-15)22-17-13-3-11-4-14(17)10-21(8-11)9-13/h1-2,5-7,11,13-14,17H,3-4,8-10H2,(H,19,20)/t11?,13-,14-,17?/m0/s1. The average Bonchev–Trinajstić information content (AvgIpc) is 3.05. The van der Waals surface area contributed by atoms with Crippen LogP contribution in [-0.4, -0.2) is 45.8 Å². The number of pyridine rings is 1. The number of nitrogens with one attached hydrogen (secondary N) is 1. The van der Waals surface area contributed by atoms with Crippen molar-refractivity contribution in [2.75, 3.05) is 19.6 Å². The van der Waals surface area contributed by atoms with Gasteiger partial charge in [0.2, 0.25) is 5.88 Å². The SMILES string of the molecule is c1cc(OC2[C@H]3CC4C[C@H]2CN(C4)C3)ncc1-c1cn[nH]c1. The van der Waals surface area contributed by atoms with Crippen molar-refractivity contribution in [3.8, 4) is 17.0 Å². The molecule has 3 saturated heterocycles. The zero-order valence-electron chi connectivity index (χ0n) is 12.5. The van der Waals surface area contributed by atoms with E-state index in [0.717, 1.165) is 22.9 Å². The number of hydrogen-bond acceptors (Lipinski definition) is 4. The summed E-state index contributed by atoms with van der Waals surface area (Å²) in [4.78, 5) is 7.14. The topological polar surface area (TPSA) is 54.0 Å². The number of rotatable bonds is 3. The van der Waals surface area contributed by atoms with Gasteiger partial charge in [-0.25, -0.2) is 4.98 Å². The molecule has 5 heterocycles. The number of aromatic nitrogens is 3. The molecule has 114 valence electrons. The maximum Gasteiger partial charge on any atom is 0.213 e. The van der Waals surface area contributed by atoms with Gasteiger partial charge in [-0.2, -0.15) is 5.10 Å². The van der Waals surface area contributed by atoms with Crippen LogP contribution in [0, 0.1) is 17.8 Å². The minimum absolute atomic E-state index is 0.361. The first-order valence-corrected chi connectivity index (χ1v) is 8.19. The molecule has 0 spiro atoms. The van der Waals surface area contributed by atoms with Crippen molar-refractivity contribution in [2.24, 2.45) is 17.8 Å². The van der Waals surface area contributed by atoms with E-state index in [1.165, 1.54) is 32.5 Å². The summed E-state index contributed by atoms with van der Waals surface area (Å²) >= 11 is 0. The second-order valence-corrected chi connectivity index (χ2v) is 7.03. The third kappa shape index (κ3) is 2.03. The van der Waals surface area contributed by atoms with E-state index in [1.54, 1.807) is 0 Å². The molecule has 0 amide bonds. The molecule has 0 unspecified atom stereocenters. The van der Waals surface area contributed by atoms with Gasteiger partial charge in [0.15, 0.2) is 0 Å². The number of nitrogens with zero attached hydrogens (tertiary/aromatic N) is 3. The molecule has 1 N–H and O–H groups in total. The van der Waals surface area contributed by atoms with Crippen LogP contribution >= 0.6 is 0 Å². The molecule has 4 aliphatic rings. The first-order valence-electron chi connectivity index (χ1n) is 8.19. The highest BCUT2D eigenvalue weighted by Gasteiger charge is 2.48. The van der Waals surface area contributed by atoms with Crippen LogP contribution in [0.15, 0.2) is 30.7 Å². The van der Waals surface area contributed by atoms with E-state index in [0.29, 0.717) is 17.9 Å².